The Labute approximate surface area is 190 Å². The fraction of sp³-hybridized carbons (Fsp3) is 0.320. The van der Waals surface area contributed by atoms with Gasteiger partial charge in [-0.05, 0) is 49.8 Å². The third-order valence-corrected chi connectivity index (χ3v) is 7.56. The number of nitrogens with one attached hydrogen (secondary N) is 1. The highest BCUT2D eigenvalue weighted by Crippen LogP contribution is 2.50. The largest absolute Gasteiger partial charge is 0.424 e. The SMILES string of the molecule is Cc1cccc(-c2sc(C)nc2C(=O)N2C[C@H]3C[C@H]3[C@H]2CNc2nc3ccccc3o2)c1. The molecule has 6 nitrogen and oxygen atoms in total. The zero-order valence-electron chi connectivity index (χ0n) is 18.0. The van der Waals surface area contributed by atoms with Gasteiger partial charge in [0.05, 0.1) is 15.9 Å². The van der Waals surface area contributed by atoms with Crippen LogP contribution < -0.4 is 5.32 Å². The number of nitrogens with zero attached hydrogens (tertiary/aromatic N) is 3. The Hall–Kier alpha value is -3.19. The number of hydrogen-bond donors (Lipinski definition) is 1. The molecule has 2 aromatic heterocycles. The van der Waals surface area contributed by atoms with Crippen molar-refractivity contribution in [2.45, 2.75) is 26.3 Å². The normalized spacial score (nSPS) is 21.7. The van der Waals surface area contributed by atoms with Crippen molar-refractivity contribution in [3.05, 3.63) is 64.8 Å². The molecule has 1 aliphatic heterocycles. The first kappa shape index (κ1) is 19.5. The molecule has 0 spiro atoms. The number of aromatic nitrogens is 2. The lowest BCUT2D eigenvalue weighted by Crippen LogP contribution is -2.42. The zero-order chi connectivity index (χ0) is 21.8. The van der Waals surface area contributed by atoms with Crippen LogP contribution in [0.3, 0.4) is 0 Å². The van der Waals surface area contributed by atoms with Crippen LogP contribution in [0.5, 0.6) is 0 Å². The highest BCUT2D eigenvalue weighted by molar-refractivity contribution is 7.15. The van der Waals surface area contributed by atoms with E-state index < -0.39 is 0 Å². The second-order valence-electron chi connectivity index (χ2n) is 8.83. The summed E-state index contributed by atoms with van der Waals surface area (Å²) in [4.78, 5) is 25.8. The summed E-state index contributed by atoms with van der Waals surface area (Å²) < 4.78 is 5.81. The summed E-state index contributed by atoms with van der Waals surface area (Å²) >= 11 is 1.59. The molecular formula is C25H24N4O2S. The Morgan fingerprint density at radius 3 is 2.91 bits per heavy atom. The Kier molecular flexibility index (Phi) is 4.54. The fourth-order valence-corrected chi connectivity index (χ4v) is 5.80. The molecule has 3 atom stereocenters. The highest BCUT2D eigenvalue weighted by Gasteiger charge is 2.54. The molecule has 2 aliphatic rings. The first-order chi connectivity index (χ1) is 15.6. The minimum atomic E-state index is 0.0300. The number of anilines is 1. The Bertz CT molecular complexity index is 1290. The van der Waals surface area contributed by atoms with E-state index in [1.54, 1.807) is 11.3 Å². The second-order valence-corrected chi connectivity index (χ2v) is 10.0. The smallest absolute Gasteiger partial charge is 0.295 e. The number of amides is 1. The van der Waals surface area contributed by atoms with Crippen LogP contribution in [0.25, 0.3) is 21.5 Å². The topological polar surface area (TPSA) is 71.3 Å². The first-order valence-corrected chi connectivity index (χ1v) is 11.8. The number of carbonyl (C=O) groups excluding carboxylic acids is 1. The highest BCUT2D eigenvalue weighted by atomic mass is 32.1. The van der Waals surface area contributed by atoms with Crippen molar-refractivity contribution >= 4 is 34.4 Å². The number of fused-ring (bicyclic) bond motifs is 2. The standard InChI is InChI=1S/C25H24N4O2S/c1-14-6-5-7-16(10-14)23-22(27-15(2)32-23)24(30)29-13-17-11-18(17)20(29)12-26-25-28-19-8-3-4-9-21(19)31-25/h3-10,17-18,20H,11-13H2,1-2H3,(H,26,28)/t17-,18-,20-/m1/s1. The maximum atomic E-state index is 13.7. The zero-order valence-corrected chi connectivity index (χ0v) is 18.9. The van der Waals surface area contributed by atoms with Crippen molar-refractivity contribution < 1.29 is 9.21 Å². The predicted octanol–water partition coefficient (Wildman–Crippen LogP) is 5.14. The quantitative estimate of drug-likeness (QED) is 0.461. The summed E-state index contributed by atoms with van der Waals surface area (Å²) in [5.41, 5.74) is 4.41. The summed E-state index contributed by atoms with van der Waals surface area (Å²) in [6.45, 7) is 5.46. The van der Waals surface area contributed by atoms with Crippen LogP contribution in [-0.4, -0.2) is 39.9 Å². The van der Waals surface area contributed by atoms with Crippen molar-refractivity contribution in [1.82, 2.24) is 14.9 Å². The molecule has 2 aromatic carbocycles. The molecule has 6 rings (SSSR count). The van der Waals surface area contributed by atoms with E-state index in [1.165, 1.54) is 12.0 Å². The third-order valence-electron chi connectivity index (χ3n) is 6.54. The van der Waals surface area contributed by atoms with E-state index in [0.717, 1.165) is 33.1 Å². The fourth-order valence-electron chi connectivity index (χ4n) is 4.90. The van der Waals surface area contributed by atoms with Gasteiger partial charge in [0.15, 0.2) is 5.58 Å². The van der Waals surface area contributed by atoms with Gasteiger partial charge in [0.2, 0.25) is 0 Å². The van der Waals surface area contributed by atoms with Crippen LogP contribution in [0.4, 0.5) is 6.01 Å². The van der Waals surface area contributed by atoms with E-state index in [0.29, 0.717) is 30.1 Å². The predicted molar refractivity (Wildman–Crippen MR) is 126 cm³/mol. The molecule has 7 heteroatoms. The number of carbonyl (C=O) groups is 1. The molecule has 162 valence electrons. The van der Waals surface area contributed by atoms with Gasteiger partial charge in [-0.3, -0.25) is 4.79 Å². The van der Waals surface area contributed by atoms with Crippen molar-refractivity contribution in [1.29, 1.82) is 0 Å². The van der Waals surface area contributed by atoms with Crippen LogP contribution in [0, 0.1) is 25.7 Å². The summed E-state index contributed by atoms with van der Waals surface area (Å²) in [5.74, 6) is 1.16. The molecule has 1 N–H and O–H groups in total. The maximum Gasteiger partial charge on any atom is 0.295 e. The minimum Gasteiger partial charge on any atom is -0.424 e. The van der Waals surface area contributed by atoms with Gasteiger partial charge in [0.1, 0.15) is 11.2 Å². The van der Waals surface area contributed by atoms with E-state index in [1.807, 2.05) is 42.2 Å². The Morgan fingerprint density at radius 1 is 1.19 bits per heavy atom. The van der Waals surface area contributed by atoms with Crippen LogP contribution >= 0.6 is 11.3 Å². The number of benzene rings is 2. The average Bonchev–Trinajstić information content (AvgIpc) is 3.11. The van der Waals surface area contributed by atoms with Crippen molar-refractivity contribution in [3.8, 4) is 10.4 Å². The van der Waals surface area contributed by atoms with Crippen molar-refractivity contribution in [2.24, 2.45) is 11.8 Å². The molecule has 0 radical (unpaired) electrons. The summed E-state index contributed by atoms with van der Waals surface area (Å²) in [5, 5.41) is 4.25. The molecular weight excluding hydrogens is 420 g/mol. The molecule has 1 amide bonds. The summed E-state index contributed by atoms with van der Waals surface area (Å²) in [6.07, 6.45) is 1.19. The number of aryl methyl sites for hydroxylation is 2. The molecule has 4 aromatic rings. The Morgan fingerprint density at radius 2 is 2.06 bits per heavy atom. The van der Waals surface area contributed by atoms with E-state index in [-0.39, 0.29) is 11.9 Å². The van der Waals surface area contributed by atoms with Gasteiger partial charge in [0, 0.05) is 13.1 Å². The summed E-state index contributed by atoms with van der Waals surface area (Å²) in [6, 6.07) is 16.6. The number of para-hydroxylation sites is 2. The van der Waals surface area contributed by atoms with E-state index in [9.17, 15) is 4.79 Å². The Balaban J connectivity index is 1.25. The lowest BCUT2D eigenvalue weighted by atomic mass is 10.1. The second kappa shape index (κ2) is 7.45. The maximum absolute atomic E-state index is 13.7. The van der Waals surface area contributed by atoms with Gasteiger partial charge in [0.25, 0.3) is 11.9 Å². The molecule has 1 saturated heterocycles. The van der Waals surface area contributed by atoms with Crippen LogP contribution in [-0.2, 0) is 0 Å². The van der Waals surface area contributed by atoms with Gasteiger partial charge in [-0.1, -0.05) is 42.0 Å². The van der Waals surface area contributed by atoms with E-state index in [4.69, 9.17) is 4.42 Å². The van der Waals surface area contributed by atoms with Crippen LogP contribution in [0.2, 0.25) is 0 Å². The monoisotopic (exact) mass is 444 g/mol. The van der Waals surface area contributed by atoms with Gasteiger partial charge in [-0.25, -0.2) is 4.98 Å². The van der Waals surface area contributed by atoms with E-state index in [2.05, 4.69) is 40.4 Å². The molecule has 32 heavy (non-hydrogen) atoms. The molecule has 0 bridgehead atoms. The number of thiazole rings is 1. The number of rotatable bonds is 5. The lowest BCUT2D eigenvalue weighted by Gasteiger charge is -2.27. The van der Waals surface area contributed by atoms with Gasteiger partial charge < -0.3 is 14.6 Å². The van der Waals surface area contributed by atoms with E-state index >= 15 is 0 Å². The molecule has 3 heterocycles. The number of piperidine rings is 1. The molecule has 1 saturated carbocycles. The van der Waals surface area contributed by atoms with Gasteiger partial charge >= 0.3 is 0 Å². The first-order valence-electron chi connectivity index (χ1n) is 11.0. The lowest BCUT2D eigenvalue weighted by molar-refractivity contribution is 0.0710. The van der Waals surface area contributed by atoms with Crippen molar-refractivity contribution in [2.75, 3.05) is 18.4 Å². The minimum absolute atomic E-state index is 0.0300. The molecule has 0 unspecified atom stereocenters. The van der Waals surface area contributed by atoms with Crippen LogP contribution in [0.1, 0.15) is 27.5 Å². The average molecular weight is 445 g/mol. The van der Waals surface area contributed by atoms with Gasteiger partial charge in [-0.2, -0.15) is 4.98 Å². The molecule has 1 aliphatic carbocycles. The molecule has 2 fully saturated rings. The van der Waals surface area contributed by atoms with Crippen LogP contribution in [0.15, 0.2) is 52.9 Å². The number of hydrogen-bond acceptors (Lipinski definition) is 6. The number of likely N-dealkylation sites (tertiary alicyclic amines) is 1. The van der Waals surface area contributed by atoms with Crippen molar-refractivity contribution in [3.63, 3.8) is 0 Å². The number of oxazole rings is 1. The van der Waals surface area contributed by atoms with Gasteiger partial charge in [-0.15, -0.1) is 11.3 Å². The third kappa shape index (κ3) is 3.37. The summed E-state index contributed by atoms with van der Waals surface area (Å²) in [7, 11) is 0.